The van der Waals surface area contributed by atoms with Crippen molar-refractivity contribution in [2.24, 2.45) is 0 Å². The second kappa shape index (κ2) is 9.94. The molecule has 27 heavy (non-hydrogen) atoms. The maximum absolute atomic E-state index is 11.9. The number of carbonyl (C=O) groups excluding carboxylic acids is 2. The van der Waals surface area contributed by atoms with E-state index in [4.69, 9.17) is 0 Å². The summed E-state index contributed by atoms with van der Waals surface area (Å²) >= 11 is 0. The van der Waals surface area contributed by atoms with E-state index in [1.54, 1.807) is 0 Å². The summed E-state index contributed by atoms with van der Waals surface area (Å²) in [5, 5.41) is 8.75. The molecule has 1 aromatic carbocycles. The monoisotopic (exact) mass is 371 g/mol. The highest BCUT2D eigenvalue weighted by molar-refractivity contribution is 5.76. The van der Waals surface area contributed by atoms with Gasteiger partial charge in [-0.25, -0.2) is 9.78 Å². The number of benzene rings is 1. The highest BCUT2D eigenvalue weighted by Gasteiger charge is 2.15. The van der Waals surface area contributed by atoms with Gasteiger partial charge >= 0.3 is 6.03 Å². The number of nitrogens with one attached hydrogen (secondary N) is 4. The number of para-hydroxylation sites is 2. The van der Waals surface area contributed by atoms with Crippen LogP contribution in [-0.2, 0) is 11.2 Å². The van der Waals surface area contributed by atoms with Crippen LogP contribution in [0.15, 0.2) is 24.3 Å². The van der Waals surface area contributed by atoms with E-state index in [1.165, 1.54) is 19.3 Å². The summed E-state index contributed by atoms with van der Waals surface area (Å²) in [5.74, 6) is 0.873. The quantitative estimate of drug-likeness (QED) is 0.537. The van der Waals surface area contributed by atoms with Gasteiger partial charge in [-0.05, 0) is 31.4 Å². The average Bonchev–Trinajstić information content (AvgIpc) is 3.09. The van der Waals surface area contributed by atoms with Gasteiger partial charge in [0.15, 0.2) is 0 Å². The molecule has 0 radical (unpaired) electrons. The van der Waals surface area contributed by atoms with Crippen LogP contribution in [0.25, 0.3) is 11.0 Å². The van der Waals surface area contributed by atoms with E-state index in [2.05, 4.69) is 25.9 Å². The fraction of sp³-hybridized carbons (Fsp3) is 0.550. The molecule has 1 saturated carbocycles. The van der Waals surface area contributed by atoms with Crippen molar-refractivity contribution in [1.29, 1.82) is 0 Å². The minimum atomic E-state index is -0.118. The molecule has 0 bridgehead atoms. The minimum Gasteiger partial charge on any atom is -0.356 e. The molecule has 0 spiro atoms. The third-order valence-corrected chi connectivity index (χ3v) is 4.93. The number of carbonyl (C=O) groups is 2. The average molecular weight is 371 g/mol. The zero-order valence-corrected chi connectivity index (χ0v) is 15.7. The number of aromatic amines is 1. The SMILES string of the molecule is O=C(CCCNC(=O)NC1CCCCC1)NCCc1nc2ccccc2[nH]1. The number of aromatic nitrogens is 2. The predicted molar refractivity (Wildman–Crippen MR) is 105 cm³/mol. The van der Waals surface area contributed by atoms with Crippen LogP contribution in [-0.4, -0.2) is 41.0 Å². The van der Waals surface area contributed by atoms with Crippen molar-refractivity contribution in [3.05, 3.63) is 30.1 Å². The first-order valence-corrected chi connectivity index (χ1v) is 9.95. The van der Waals surface area contributed by atoms with Crippen molar-refractivity contribution < 1.29 is 9.59 Å². The lowest BCUT2D eigenvalue weighted by atomic mass is 9.96. The van der Waals surface area contributed by atoms with Crippen molar-refractivity contribution in [2.45, 2.75) is 57.4 Å². The smallest absolute Gasteiger partial charge is 0.315 e. The topological polar surface area (TPSA) is 98.9 Å². The Bertz CT molecular complexity index is 719. The Hall–Kier alpha value is -2.57. The normalized spacial score (nSPS) is 14.8. The van der Waals surface area contributed by atoms with Crippen molar-refractivity contribution >= 4 is 23.0 Å². The molecule has 0 aliphatic heterocycles. The number of urea groups is 1. The third kappa shape index (κ3) is 6.27. The molecule has 3 rings (SSSR count). The highest BCUT2D eigenvalue weighted by Crippen LogP contribution is 2.17. The van der Waals surface area contributed by atoms with Gasteiger partial charge in [0.05, 0.1) is 11.0 Å². The molecule has 1 aliphatic rings. The van der Waals surface area contributed by atoms with Crippen molar-refractivity contribution in [1.82, 2.24) is 25.9 Å². The zero-order valence-electron chi connectivity index (χ0n) is 15.7. The zero-order chi connectivity index (χ0) is 18.9. The summed E-state index contributed by atoms with van der Waals surface area (Å²) in [4.78, 5) is 31.5. The number of H-pyrrole nitrogens is 1. The van der Waals surface area contributed by atoms with E-state index >= 15 is 0 Å². The summed E-state index contributed by atoms with van der Waals surface area (Å²) in [6, 6.07) is 8.06. The molecule has 1 heterocycles. The van der Waals surface area contributed by atoms with Crippen LogP contribution < -0.4 is 16.0 Å². The second-order valence-electron chi connectivity index (χ2n) is 7.14. The lowest BCUT2D eigenvalue weighted by molar-refractivity contribution is -0.121. The van der Waals surface area contributed by atoms with Gasteiger partial charge in [-0.2, -0.15) is 0 Å². The number of imidazole rings is 1. The molecule has 2 aromatic rings. The van der Waals surface area contributed by atoms with Crippen LogP contribution in [0.4, 0.5) is 4.79 Å². The summed E-state index contributed by atoms with van der Waals surface area (Å²) < 4.78 is 0. The lowest BCUT2D eigenvalue weighted by Gasteiger charge is -2.22. The summed E-state index contributed by atoms with van der Waals surface area (Å²) in [6.07, 6.45) is 7.51. The molecular formula is C20H29N5O2. The maximum Gasteiger partial charge on any atom is 0.315 e. The Morgan fingerprint density at radius 2 is 1.89 bits per heavy atom. The van der Waals surface area contributed by atoms with Crippen molar-refractivity contribution in [3.8, 4) is 0 Å². The summed E-state index contributed by atoms with van der Waals surface area (Å²) in [6.45, 7) is 1.06. The molecule has 4 N–H and O–H groups in total. The Kier molecular flexibility index (Phi) is 7.07. The first-order chi connectivity index (χ1) is 13.2. The number of rotatable bonds is 8. The van der Waals surface area contributed by atoms with Gasteiger partial charge < -0.3 is 20.9 Å². The van der Waals surface area contributed by atoms with Crippen LogP contribution in [0, 0.1) is 0 Å². The number of hydrogen-bond acceptors (Lipinski definition) is 3. The van der Waals surface area contributed by atoms with E-state index in [0.29, 0.717) is 38.4 Å². The second-order valence-corrected chi connectivity index (χ2v) is 7.14. The molecular weight excluding hydrogens is 342 g/mol. The van der Waals surface area contributed by atoms with Crippen LogP contribution in [0.2, 0.25) is 0 Å². The maximum atomic E-state index is 11.9. The van der Waals surface area contributed by atoms with Crippen LogP contribution in [0.5, 0.6) is 0 Å². The Morgan fingerprint density at radius 3 is 2.70 bits per heavy atom. The molecule has 1 aliphatic carbocycles. The van der Waals surface area contributed by atoms with E-state index in [-0.39, 0.29) is 11.9 Å². The highest BCUT2D eigenvalue weighted by atomic mass is 16.2. The predicted octanol–water partition coefficient (Wildman–Crippen LogP) is 2.63. The molecule has 7 nitrogen and oxygen atoms in total. The van der Waals surface area contributed by atoms with Gasteiger partial charge in [0.1, 0.15) is 5.82 Å². The van der Waals surface area contributed by atoms with Crippen LogP contribution in [0.3, 0.4) is 0 Å². The molecule has 0 atom stereocenters. The summed E-state index contributed by atoms with van der Waals surface area (Å²) in [7, 11) is 0. The van der Waals surface area contributed by atoms with Crippen LogP contribution >= 0.6 is 0 Å². The molecule has 0 unspecified atom stereocenters. The van der Waals surface area contributed by atoms with Gasteiger partial charge in [-0.3, -0.25) is 4.79 Å². The number of fused-ring (bicyclic) bond motifs is 1. The molecule has 1 fully saturated rings. The van der Waals surface area contributed by atoms with Gasteiger partial charge in [-0.1, -0.05) is 31.4 Å². The van der Waals surface area contributed by atoms with Gasteiger partial charge in [0.2, 0.25) is 5.91 Å². The molecule has 146 valence electrons. The molecule has 3 amide bonds. The number of amides is 3. The van der Waals surface area contributed by atoms with Crippen molar-refractivity contribution in [3.63, 3.8) is 0 Å². The van der Waals surface area contributed by atoms with Crippen LogP contribution in [0.1, 0.15) is 50.8 Å². The van der Waals surface area contributed by atoms with Gasteiger partial charge in [-0.15, -0.1) is 0 Å². The van der Waals surface area contributed by atoms with Crippen molar-refractivity contribution in [2.75, 3.05) is 13.1 Å². The Labute approximate surface area is 159 Å². The fourth-order valence-electron chi connectivity index (χ4n) is 3.47. The van der Waals surface area contributed by atoms with E-state index in [9.17, 15) is 9.59 Å². The number of hydrogen-bond donors (Lipinski definition) is 4. The summed E-state index contributed by atoms with van der Waals surface area (Å²) in [5.41, 5.74) is 1.95. The van der Waals surface area contributed by atoms with Gasteiger partial charge in [0, 0.05) is 32.0 Å². The first kappa shape index (κ1) is 19.2. The van der Waals surface area contributed by atoms with E-state index in [1.807, 2.05) is 24.3 Å². The molecule has 7 heteroatoms. The third-order valence-electron chi connectivity index (χ3n) is 4.93. The van der Waals surface area contributed by atoms with E-state index < -0.39 is 0 Å². The molecule has 0 saturated heterocycles. The largest absolute Gasteiger partial charge is 0.356 e. The van der Waals surface area contributed by atoms with E-state index in [0.717, 1.165) is 29.7 Å². The Morgan fingerprint density at radius 1 is 1.07 bits per heavy atom. The minimum absolute atomic E-state index is 0.000555. The standard InChI is InChI=1S/C20H29N5O2/c26-19(11-6-13-22-20(27)23-15-7-2-1-3-8-15)21-14-12-18-24-16-9-4-5-10-17(16)25-18/h4-5,9-10,15H,1-3,6-8,11-14H2,(H,21,26)(H,24,25)(H2,22,23,27). The first-order valence-electron chi connectivity index (χ1n) is 9.95. The fourth-order valence-corrected chi connectivity index (χ4v) is 3.47. The number of nitrogens with zero attached hydrogens (tertiary/aromatic N) is 1. The molecule has 1 aromatic heterocycles. The Balaban J connectivity index is 1.24. The van der Waals surface area contributed by atoms with Gasteiger partial charge in [0.25, 0.3) is 0 Å². The lowest BCUT2D eigenvalue weighted by Crippen LogP contribution is -2.43.